The van der Waals surface area contributed by atoms with Crippen LogP contribution in [0.15, 0.2) is 46.9 Å². The number of carbonyl (C=O) groups is 2. The lowest BCUT2D eigenvalue weighted by atomic mass is 10.0. The molecule has 6 nitrogen and oxygen atoms in total. The van der Waals surface area contributed by atoms with Gasteiger partial charge in [-0.2, -0.15) is 12.6 Å². The molecular weight excluding hydrogens is 488 g/mol. The Labute approximate surface area is 202 Å². The Morgan fingerprint density at radius 3 is 2.59 bits per heavy atom. The van der Waals surface area contributed by atoms with E-state index in [9.17, 15) is 9.59 Å². The number of carbonyl (C=O) groups excluding carboxylic acids is 2. The molecule has 0 radical (unpaired) electrons. The van der Waals surface area contributed by atoms with Crippen LogP contribution >= 0.6 is 28.6 Å². The van der Waals surface area contributed by atoms with Gasteiger partial charge >= 0.3 is 0 Å². The van der Waals surface area contributed by atoms with Crippen LogP contribution in [0.25, 0.3) is 0 Å². The zero-order chi connectivity index (χ0) is 22.2. The fraction of sp³-hybridized carbons (Fsp3) is 0.417. The van der Waals surface area contributed by atoms with Crippen LogP contribution in [0, 0.1) is 0 Å². The number of nitrogens with one attached hydrogen (secondary N) is 1. The number of fused-ring (bicyclic) bond motifs is 1. The number of benzene rings is 2. The molecule has 2 fully saturated rings. The van der Waals surface area contributed by atoms with Gasteiger partial charge in [0, 0.05) is 55.8 Å². The molecule has 2 amide bonds. The Morgan fingerprint density at radius 1 is 1.06 bits per heavy atom. The highest BCUT2D eigenvalue weighted by molar-refractivity contribution is 9.10. The largest absolute Gasteiger partial charge is 0.369 e. The van der Waals surface area contributed by atoms with Crippen LogP contribution < -0.4 is 10.2 Å². The van der Waals surface area contributed by atoms with E-state index in [2.05, 4.69) is 78.4 Å². The van der Waals surface area contributed by atoms with Gasteiger partial charge in [0.1, 0.15) is 0 Å². The molecule has 8 heteroatoms. The maximum absolute atomic E-state index is 12.4. The number of halogens is 1. The van der Waals surface area contributed by atoms with Gasteiger partial charge in [0.15, 0.2) is 0 Å². The van der Waals surface area contributed by atoms with Crippen LogP contribution in [0.1, 0.15) is 34.9 Å². The Kier molecular flexibility index (Phi) is 6.29. The highest BCUT2D eigenvalue weighted by Crippen LogP contribution is 2.40. The zero-order valence-electron chi connectivity index (χ0n) is 17.8. The van der Waals surface area contributed by atoms with E-state index in [0.717, 1.165) is 37.2 Å². The predicted molar refractivity (Wildman–Crippen MR) is 132 cm³/mol. The van der Waals surface area contributed by atoms with Gasteiger partial charge in [-0.05, 0) is 41.3 Å². The minimum Gasteiger partial charge on any atom is -0.369 e. The molecule has 2 unspecified atom stereocenters. The first kappa shape index (κ1) is 21.9. The van der Waals surface area contributed by atoms with E-state index in [1.165, 1.54) is 22.4 Å². The van der Waals surface area contributed by atoms with Crippen molar-refractivity contribution >= 4 is 46.1 Å². The summed E-state index contributed by atoms with van der Waals surface area (Å²) in [4.78, 5) is 31.1. The number of amides is 2. The van der Waals surface area contributed by atoms with Crippen LogP contribution in [-0.4, -0.2) is 53.8 Å². The second kappa shape index (κ2) is 9.17. The van der Waals surface area contributed by atoms with Crippen molar-refractivity contribution in [3.63, 3.8) is 0 Å². The molecule has 0 saturated carbocycles. The Bertz CT molecular complexity index is 1040. The van der Waals surface area contributed by atoms with Gasteiger partial charge < -0.3 is 4.90 Å². The van der Waals surface area contributed by atoms with Gasteiger partial charge in [-0.3, -0.25) is 24.7 Å². The third-order valence-electron chi connectivity index (χ3n) is 6.79. The van der Waals surface area contributed by atoms with Gasteiger partial charge in [0.2, 0.25) is 11.8 Å². The van der Waals surface area contributed by atoms with Crippen LogP contribution in [0.3, 0.4) is 0 Å². The molecule has 3 heterocycles. The first-order valence-corrected chi connectivity index (χ1v) is 12.4. The molecule has 32 heavy (non-hydrogen) atoms. The lowest BCUT2D eigenvalue weighted by Gasteiger charge is -2.36. The monoisotopic (exact) mass is 514 g/mol. The van der Waals surface area contributed by atoms with E-state index in [1.54, 1.807) is 0 Å². The molecule has 0 spiro atoms. The summed E-state index contributed by atoms with van der Waals surface area (Å²) >= 11 is 8.42. The van der Waals surface area contributed by atoms with Crippen molar-refractivity contribution in [1.29, 1.82) is 0 Å². The van der Waals surface area contributed by atoms with Crippen molar-refractivity contribution in [2.24, 2.45) is 0 Å². The topological polar surface area (TPSA) is 55.9 Å². The number of nitrogens with zero attached hydrogens (tertiary/aromatic N) is 3. The van der Waals surface area contributed by atoms with E-state index < -0.39 is 0 Å². The highest BCUT2D eigenvalue weighted by Gasteiger charge is 2.39. The quantitative estimate of drug-likeness (QED) is 0.484. The van der Waals surface area contributed by atoms with E-state index in [1.807, 2.05) is 0 Å². The normalized spacial score (nSPS) is 24.5. The highest BCUT2D eigenvalue weighted by atomic mass is 79.9. The summed E-state index contributed by atoms with van der Waals surface area (Å²) in [5.74, 6) is -0.375. The summed E-state index contributed by atoms with van der Waals surface area (Å²) in [6.45, 7) is 5.63. The SMILES string of the molecule is O=C1CCC(N2Cc3c(CN4CCN(c5cccc(Br)c5)CC4)cccc3C2S)C(=O)N1. The zero-order valence-corrected chi connectivity index (χ0v) is 20.3. The molecule has 1 N–H and O–H groups in total. The molecule has 3 aliphatic rings. The Hall–Kier alpha value is -1.87. The summed E-state index contributed by atoms with van der Waals surface area (Å²) in [5.41, 5.74) is 5.04. The minimum absolute atomic E-state index is 0.123. The van der Waals surface area contributed by atoms with Gasteiger partial charge in [-0.15, -0.1) is 0 Å². The van der Waals surface area contributed by atoms with Crippen molar-refractivity contribution < 1.29 is 9.59 Å². The average Bonchev–Trinajstić information content (AvgIpc) is 3.12. The third kappa shape index (κ3) is 4.33. The molecule has 0 bridgehead atoms. The van der Waals surface area contributed by atoms with Crippen LogP contribution in [-0.2, 0) is 22.7 Å². The molecule has 0 aliphatic carbocycles. The van der Waals surface area contributed by atoms with Gasteiger partial charge in [0.25, 0.3) is 0 Å². The second-order valence-corrected chi connectivity index (χ2v) is 10.1. The summed E-state index contributed by atoms with van der Waals surface area (Å²) in [5, 5.41) is 2.36. The van der Waals surface area contributed by atoms with E-state index in [0.29, 0.717) is 19.4 Å². The Balaban J connectivity index is 1.26. The van der Waals surface area contributed by atoms with E-state index >= 15 is 0 Å². The summed E-state index contributed by atoms with van der Waals surface area (Å²) in [6, 6.07) is 14.6. The number of imide groups is 1. The average molecular weight is 515 g/mol. The fourth-order valence-corrected chi connectivity index (χ4v) is 5.91. The van der Waals surface area contributed by atoms with Gasteiger partial charge in [0.05, 0.1) is 11.4 Å². The number of rotatable bonds is 4. The maximum Gasteiger partial charge on any atom is 0.243 e. The van der Waals surface area contributed by atoms with Gasteiger partial charge in [-0.25, -0.2) is 0 Å². The predicted octanol–water partition coefficient (Wildman–Crippen LogP) is 3.32. The molecule has 2 saturated heterocycles. The molecule has 168 valence electrons. The summed E-state index contributed by atoms with van der Waals surface area (Å²) in [6.07, 6.45) is 0.946. The first-order chi connectivity index (χ1) is 15.5. The smallest absolute Gasteiger partial charge is 0.243 e. The fourth-order valence-electron chi connectivity index (χ4n) is 5.04. The number of thiol groups is 1. The number of hydrogen-bond acceptors (Lipinski definition) is 6. The lowest BCUT2D eigenvalue weighted by molar-refractivity contribution is -0.137. The number of hydrogen-bond donors (Lipinski definition) is 2. The van der Waals surface area contributed by atoms with Crippen LogP contribution in [0.4, 0.5) is 5.69 Å². The maximum atomic E-state index is 12.4. The minimum atomic E-state index is -0.302. The lowest BCUT2D eigenvalue weighted by Crippen LogP contribution is -2.51. The van der Waals surface area contributed by atoms with Crippen molar-refractivity contribution in [1.82, 2.24) is 15.1 Å². The molecule has 5 rings (SSSR count). The second-order valence-electron chi connectivity index (χ2n) is 8.74. The molecule has 2 atom stereocenters. The van der Waals surface area contributed by atoms with Crippen LogP contribution in [0.2, 0.25) is 0 Å². The van der Waals surface area contributed by atoms with Crippen molar-refractivity contribution in [3.8, 4) is 0 Å². The molecule has 0 aromatic heterocycles. The molecular formula is C24H27BrN4O2S. The van der Waals surface area contributed by atoms with Crippen molar-refractivity contribution in [2.45, 2.75) is 37.3 Å². The molecule has 2 aromatic carbocycles. The van der Waals surface area contributed by atoms with E-state index in [4.69, 9.17) is 12.6 Å². The van der Waals surface area contributed by atoms with Crippen molar-refractivity contribution in [3.05, 3.63) is 63.6 Å². The summed E-state index contributed by atoms with van der Waals surface area (Å²) < 4.78 is 1.11. The van der Waals surface area contributed by atoms with Crippen molar-refractivity contribution in [2.75, 3.05) is 31.1 Å². The number of anilines is 1. The first-order valence-electron chi connectivity index (χ1n) is 11.1. The Morgan fingerprint density at radius 2 is 1.84 bits per heavy atom. The number of piperidine rings is 1. The van der Waals surface area contributed by atoms with Crippen LogP contribution in [0.5, 0.6) is 0 Å². The molecule has 2 aromatic rings. The third-order valence-corrected chi connectivity index (χ3v) is 7.86. The standard InChI is InChI=1S/C24H27BrN4O2S/c25-17-4-2-5-18(13-17)28-11-9-27(10-12-28)14-16-3-1-6-19-20(16)15-29(24(19)32)21-7-8-22(30)26-23(21)31/h1-6,13,21,24,32H,7-12,14-15H2,(H,26,30,31). The molecule has 3 aliphatic heterocycles. The summed E-state index contributed by atoms with van der Waals surface area (Å²) in [7, 11) is 0. The van der Waals surface area contributed by atoms with E-state index in [-0.39, 0.29) is 23.2 Å². The van der Waals surface area contributed by atoms with Gasteiger partial charge in [-0.1, -0.05) is 40.2 Å². The number of piperazine rings is 1.